The van der Waals surface area contributed by atoms with Gasteiger partial charge in [-0.15, -0.1) is 11.3 Å². The number of thiophene rings is 1. The predicted molar refractivity (Wildman–Crippen MR) is 111 cm³/mol. The van der Waals surface area contributed by atoms with Crippen molar-refractivity contribution in [2.75, 3.05) is 11.9 Å². The summed E-state index contributed by atoms with van der Waals surface area (Å²) in [5.41, 5.74) is 7.41. The third-order valence-electron chi connectivity index (χ3n) is 4.20. The maximum atomic E-state index is 12.9. The van der Waals surface area contributed by atoms with Gasteiger partial charge in [0.15, 0.2) is 0 Å². The maximum absolute atomic E-state index is 12.9. The number of anilines is 1. The second-order valence-electron chi connectivity index (χ2n) is 6.24. The summed E-state index contributed by atoms with van der Waals surface area (Å²) in [5, 5.41) is 8.26. The van der Waals surface area contributed by atoms with E-state index in [-0.39, 0.29) is 12.6 Å². The fourth-order valence-corrected chi connectivity index (χ4v) is 4.68. The molecule has 28 heavy (non-hydrogen) atoms. The normalized spacial score (nSPS) is 13.0. The first-order valence-corrected chi connectivity index (χ1v) is 10.3. The van der Waals surface area contributed by atoms with Gasteiger partial charge in [0.05, 0.1) is 26.9 Å². The highest BCUT2D eigenvalue weighted by Crippen LogP contribution is 2.41. The molecule has 2 heterocycles. The Balaban J connectivity index is 1.78. The Bertz CT molecular complexity index is 951. The van der Waals surface area contributed by atoms with E-state index in [4.69, 9.17) is 17.3 Å². The van der Waals surface area contributed by atoms with Crippen molar-refractivity contribution in [1.29, 1.82) is 0 Å². The molecule has 0 aliphatic heterocycles. The van der Waals surface area contributed by atoms with Gasteiger partial charge in [0, 0.05) is 25.2 Å². The minimum atomic E-state index is -4.37. The molecule has 0 saturated carbocycles. The lowest BCUT2D eigenvalue weighted by Crippen LogP contribution is -2.30. The molecule has 1 atom stereocenters. The number of nitrogens with two attached hydrogens (primary N) is 1. The van der Waals surface area contributed by atoms with E-state index >= 15 is 0 Å². The molecule has 150 valence electrons. The molecule has 0 saturated heterocycles. The summed E-state index contributed by atoms with van der Waals surface area (Å²) in [6.45, 7) is 0.260. The van der Waals surface area contributed by atoms with Crippen molar-refractivity contribution in [3.05, 3.63) is 56.5 Å². The number of rotatable bonds is 6. The van der Waals surface area contributed by atoms with E-state index in [2.05, 4.69) is 26.3 Å². The highest BCUT2D eigenvalue weighted by Gasteiger charge is 2.30. The first-order valence-electron chi connectivity index (χ1n) is 8.29. The van der Waals surface area contributed by atoms with Crippen LogP contribution in [-0.4, -0.2) is 22.4 Å². The van der Waals surface area contributed by atoms with Gasteiger partial charge in [0.25, 0.3) is 0 Å². The van der Waals surface area contributed by atoms with Crippen LogP contribution in [0.15, 0.2) is 41.0 Å². The van der Waals surface area contributed by atoms with Crippen molar-refractivity contribution in [2.24, 2.45) is 12.8 Å². The molecule has 3 rings (SSSR count). The van der Waals surface area contributed by atoms with Gasteiger partial charge in [-0.05, 0) is 40.0 Å². The van der Waals surface area contributed by atoms with E-state index in [9.17, 15) is 13.2 Å². The molecule has 3 aromatic rings. The van der Waals surface area contributed by atoms with Crippen molar-refractivity contribution in [3.8, 4) is 11.3 Å². The molecule has 0 amide bonds. The van der Waals surface area contributed by atoms with E-state index < -0.39 is 11.7 Å². The summed E-state index contributed by atoms with van der Waals surface area (Å²) < 4.78 is 41.9. The SMILES string of the molecule is Cn1ncc(Br)c1-c1cc(N[C@H](CN)Cc2cccc(C(F)(F)F)c2)sc1Cl. The van der Waals surface area contributed by atoms with Gasteiger partial charge in [-0.1, -0.05) is 29.8 Å². The lowest BCUT2D eigenvalue weighted by atomic mass is 10.0. The number of benzene rings is 1. The van der Waals surface area contributed by atoms with Crippen LogP contribution in [0, 0.1) is 0 Å². The van der Waals surface area contributed by atoms with Crippen molar-refractivity contribution in [1.82, 2.24) is 9.78 Å². The third kappa shape index (κ3) is 4.71. The van der Waals surface area contributed by atoms with Crippen LogP contribution in [0.3, 0.4) is 0 Å². The van der Waals surface area contributed by atoms with Crippen LogP contribution in [0.2, 0.25) is 4.34 Å². The fraction of sp³-hybridized carbons (Fsp3) is 0.278. The van der Waals surface area contributed by atoms with Crippen molar-refractivity contribution in [3.63, 3.8) is 0 Å². The molecule has 0 radical (unpaired) electrons. The molecule has 0 spiro atoms. The van der Waals surface area contributed by atoms with Gasteiger partial charge < -0.3 is 11.1 Å². The summed E-state index contributed by atoms with van der Waals surface area (Å²) in [5.74, 6) is 0. The van der Waals surface area contributed by atoms with Gasteiger partial charge in [-0.2, -0.15) is 18.3 Å². The summed E-state index contributed by atoms with van der Waals surface area (Å²) in [6.07, 6.45) is -2.32. The Morgan fingerprint density at radius 3 is 2.71 bits per heavy atom. The number of alkyl halides is 3. The second kappa shape index (κ2) is 8.44. The predicted octanol–water partition coefficient (Wildman–Crippen LogP) is 5.57. The molecule has 1 aromatic carbocycles. The Kier molecular flexibility index (Phi) is 6.38. The zero-order valence-electron chi connectivity index (χ0n) is 14.7. The average Bonchev–Trinajstić information content (AvgIpc) is 3.15. The van der Waals surface area contributed by atoms with Gasteiger partial charge in [0.2, 0.25) is 0 Å². The van der Waals surface area contributed by atoms with E-state index in [1.54, 1.807) is 16.9 Å². The number of nitrogens with zero attached hydrogens (tertiary/aromatic N) is 2. The van der Waals surface area contributed by atoms with E-state index in [0.717, 1.165) is 32.9 Å². The number of hydrogen-bond donors (Lipinski definition) is 2. The van der Waals surface area contributed by atoms with Crippen LogP contribution < -0.4 is 11.1 Å². The summed E-state index contributed by atoms with van der Waals surface area (Å²) in [6, 6.07) is 6.95. The summed E-state index contributed by atoms with van der Waals surface area (Å²) in [4.78, 5) is 0. The molecular weight excluding hydrogens is 477 g/mol. The van der Waals surface area contributed by atoms with E-state index in [1.165, 1.54) is 17.4 Å². The van der Waals surface area contributed by atoms with Crippen LogP contribution in [0.25, 0.3) is 11.3 Å². The molecule has 0 aliphatic carbocycles. The first kappa shape index (κ1) is 21.2. The third-order valence-corrected chi connectivity index (χ3v) is 6.07. The van der Waals surface area contributed by atoms with Gasteiger partial charge in [0.1, 0.15) is 4.34 Å². The van der Waals surface area contributed by atoms with Crippen LogP contribution in [-0.2, 0) is 19.6 Å². The smallest absolute Gasteiger partial charge is 0.373 e. The standard InChI is InChI=1S/C18H17BrClF3N4S/c1-27-16(14(19)9-25-27)13-7-15(28-17(13)20)26-12(8-24)6-10-3-2-4-11(5-10)18(21,22)23/h2-5,7,9,12,26H,6,8,24H2,1H3/t12-/m0/s1. The number of aryl methyl sites for hydroxylation is 1. The highest BCUT2D eigenvalue weighted by atomic mass is 79.9. The minimum Gasteiger partial charge on any atom is -0.373 e. The van der Waals surface area contributed by atoms with E-state index in [0.29, 0.717) is 16.3 Å². The molecule has 2 aromatic heterocycles. The molecule has 10 heteroatoms. The zero-order chi connectivity index (χ0) is 20.5. The molecular formula is C18H17BrClF3N4S. The lowest BCUT2D eigenvalue weighted by Gasteiger charge is -2.17. The largest absolute Gasteiger partial charge is 0.416 e. The Labute approximate surface area is 177 Å². The fourth-order valence-electron chi connectivity index (χ4n) is 2.87. The number of aromatic nitrogens is 2. The molecule has 0 fully saturated rings. The number of nitrogens with one attached hydrogen (secondary N) is 1. The number of halogens is 5. The van der Waals surface area contributed by atoms with E-state index in [1.807, 2.05) is 13.1 Å². The second-order valence-corrected chi connectivity index (χ2v) is 8.75. The minimum absolute atomic E-state index is 0.235. The van der Waals surface area contributed by atoms with Crippen LogP contribution >= 0.6 is 38.9 Å². The topological polar surface area (TPSA) is 55.9 Å². The first-order chi connectivity index (χ1) is 13.2. The highest BCUT2D eigenvalue weighted by molar-refractivity contribution is 9.10. The molecule has 3 N–H and O–H groups in total. The summed E-state index contributed by atoms with van der Waals surface area (Å²) in [7, 11) is 1.82. The molecule has 0 aliphatic rings. The van der Waals surface area contributed by atoms with Crippen molar-refractivity contribution < 1.29 is 13.2 Å². The molecule has 0 unspecified atom stereocenters. The van der Waals surface area contributed by atoms with Crippen LogP contribution in [0.4, 0.5) is 18.2 Å². The van der Waals surface area contributed by atoms with Gasteiger partial charge >= 0.3 is 6.18 Å². The van der Waals surface area contributed by atoms with Gasteiger partial charge in [-0.3, -0.25) is 4.68 Å². The van der Waals surface area contributed by atoms with Crippen molar-refractivity contribution >= 4 is 43.9 Å². The molecule has 0 bridgehead atoms. The quantitative estimate of drug-likeness (QED) is 0.472. The average molecular weight is 494 g/mol. The summed E-state index contributed by atoms with van der Waals surface area (Å²) >= 11 is 11.2. The van der Waals surface area contributed by atoms with Crippen molar-refractivity contribution in [2.45, 2.75) is 18.6 Å². The number of hydrogen-bond acceptors (Lipinski definition) is 4. The maximum Gasteiger partial charge on any atom is 0.416 e. The van der Waals surface area contributed by atoms with Gasteiger partial charge in [-0.25, -0.2) is 0 Å². The van der Waals surface area contributed by atoms with Crippen LogP contribution in [0.1, 0.15) is 11.1 Å². The monoisotopic (exact) mass is 492 g/mol. The molecule has 4 nitrogen and oxygen atoms in total. The Morgan fingerprint density at radius 1 is 1.36 bits per heavy atom. The lowest BCUT2D eigenvalue weighted by molar-refractivity contribution is -0.137. The Hall–Kier alpha value is -1.55. The zero-order valence-corrected chi connectivity index (χ0v) is 17.9. The van der Waals surface area contributed by atoms with Crippen LogP contribution in [0.5, 0.6) is 0 Å². The Morgan fingerprint density at radius 2 is 2.11 bits per heavy atom.